The lowest BCUT2D eigenvalue weighted by atomic mass is 10.2. The maximum Gasteiger partial charge on any atom is 0.342 e. The van der Waals surface area contributed by atoms with E-state index in [4.69, 9.17) is 14.2 Å². The van der Waals surface area contributed by atoms with Crippen LogP contribution in [0.5, 0.6) is 5.75 Å². The van der Waals surface area contributed by atoms with Crippen LogP contribution in [0.25, 0.3) is 0 Å². The fraction of sp³-hybridized carbons (Fsp3) is 0.533. The Balaban J connectivity index is 1.89. The van der Waals surface area contributed by atoms with Crippen molar-refractivity contribution < 1.29 is 23.9 Å². The summed E-state index contributed by atoms with van der Waals surface area (Å²) in [5.74, 6) is 0.214. The Morgan fingerprint density at radius 1 is 1.35 bits per heavy atom. The first-order chi connectivity index (χ1) is 9.70. The van der Waals surface area contributed by atoms with E-state index in [0.29, 0.717) is 11.3 Å². The van der Waals surface area contributed by atoms with Crippen LogP contribution in [-0.4, -0.2) is 52.0 Å². The van der Waals surface area contributed by atoms with Gasteiger partial charge in [-0.1, -0.05) is 12.1 Å². The Labute approximate surface area is 119 Å². The molecule has 20 heavy (non-hydrogen) atoms. The van der Waals surface area contributed by atoms with Gasteiger partial charge >= 0.3 is 5.97 Å². The first-order valence-corrected chi connectivity index (χ1v) is 6.96. The Morgan fingerprint density at radius 3 is 2.75 bits per heavy atom. The highest BCUT2D eigenvalue weighted by atomic mass is 16.5. The molecule has 1 aliphatic rings. The molecule has 1 N–H and O–H groups in total. The fourth-order valence-corrected chi connectivity index (χ4v) is 2.37. The van der Waals surface area contributed by atoms with Gasteiger partial charge in [0.1, 0.15) is 37.1 Å². The number of ether oxygens (including phenoxy) is 3. The van der Waals surface area contributed by atoms with Gasteiger partial charge < -0.3 is 19.1 Å². The molecule has 5 nitrogen and oxygen atoms in total. The third kappa shape index (κ3) is 3.95. The van der Waals surface area contributed by atoms with E-state index in [0.717, 1.165) is 32.8 Å². The molecule has 0 spiro atoms. The second kappa shape index (κ2) is 7.26. The number of carbonyl (C=O) groups is 1. The maximum absolute atomic E-state index is 12.1. The maximum atomic E-state index is 12.1. The number of hydrogen-bond acceptors (Lipinski definition) is 4. The van der Waals surface area contributed by atoms with E-state index >= 15 is 0 Å². The molecule has 0 bridgehead atoms. The minimum absolute atomic E-state index is 0.125. The molecule has 1 heterocycles. The van der Waals surface area contributed by atoms with Crippen molar-refractivity contribution in [1.82, 2.24) is 0 Å². The van der Waals surface area contributed by atoms with Crippen LogP contribution in [0, 0.1) is 0 Å². The molecule has 0 amide bonds. The third-order valence-corrected chi connectivity index (χ3v) is 3.41. The molecule has 2 rings (SSSR count). The fourth-order valence-electron chi connectivity index (χ4n) is 2.37. The number of carbonyl (C=O) groups excluding carboxylic acids is 1. The van der Waals surface area contributed by atoms with Gasteiger partial charge in [0.05, 0.1) is 20.3 Å². The molecule has 0 radical (unpaired) electrons. The van der Waals surface area contributed by atoms with Gasteiger partial charge in [0.25, 0.3) is 0 Å². The van der Waals surface area contributed by atoms with E-state index in [2.05, 4.69) is 0 Å². The van der Waals surface area contributed by atoms with Crippen molar-refractivity contribution in [2.24, 2.45) is 0 Å². The number of esters is 1. The van der Waals surface area contributed by atoms with Gasteiger partial charge in [0.15, 0.2) is 0 Å². The molecule has 0 unspecified atom stereocenters. The number of nitrogens with one attached hydrogen (secondary N) is 1. The van der Waals surface area contributed by atoms with Crippen LogP contribution in [0.3, 0.4) is 0 Å². The molecule has 1 fully saturated rings. The predicted octanol–water partition coefficient (Wildman–Crippen LogP) is 0.156. The molecule has 5 heteroatoms. The smallest absolute Gasteiger partial charge is 0.342 e. The number of benzene rings is 1. The van der Waals surface area contributed by atoms with Crippen LogP contribution < -0.4 is 9.64 Å². The van der Waals surface area contributed by atoms with Crippen molar-refractivity contribution in [1.29, 1.82) is 0 Å². The van der Waals surface area contributed by atoms with Crippen LogP contribution in [0.2, 0.25) is 0 Å². The molecule has 1 aromatic carbocycles. The lowest BCUT2D eigenvalue weighted by molar-refractivity contribution is -0.910. The number of morpholine rings is 1. The molecule has 0 aromatic heterocycles. The summed E-state index contributed by atoms with van der Waals surface area (Å²) in [5.41, 5.74) is 0.471. The topological polar surface area (TPSA) is 49.2 Å². The van der Waals surface area contributed by atoms with Gasteiger partial charge in [-0.05, 0) is 19.1 Å². The minimum atomic E-state index is -0.331. The largest absolute Gasteiger partial charge is 0.496 e. The van der Waals surface area contributed by atoms with Crippen molar-refractivity contribution >= 4 is 5.97 Å². The highest BCUT2D eigenvalue weighted by Crippen LogP contribution is 2.18. The summed E-state index contributed by atoms with van der Waals surface area (Å²) in [7, 11) is 1.55. The molecule has 0 aliphatic carbocycles. The number of quaternary nitrogens is 1. The summed E-state index contributed by atoms with van der Waals surface area (Å²) in [6, 6.07) is 7.11. The molecular weight excluding hydrogens is 258 g/mol. The van der Waals surface area contributed by atoms with E-state index in [1.54, 1.807) is 25.3 Å². The van der Waals surface area contributed by atoms with Gasteiger partial charge in [-0.15, -0.1) is 0 Å². The van der Waals surface area contributed by atoms with Crippen molar-refractivity contribution in [3.63, 3.8) is 0 Å². The summed E-state index contributed by atoms with van der Waals surface area (Å²) in [4.78, 5) is 13.6. The molecule has 1 aromatic rings. The molecule has 110 valence electrons. The SMILES string of the molecule is COc1ccccc1C(=O)O[C@@H](C)C[NH+]1CCOCC1. The predicted molar refractivity (Wildman–Crippen MR) is 74.3 cm³/mol. The zero-order valence-electron chi connectivity index (χ0n) is 12.1. The standard InChI is InChI=1S/C15H21NO4/c1-12(11-16-7-9-19-10-8-16)20-15(17)13-5-3-4-6-14(13)18-2/h3-6,12H,7-11H2,1-2H3/p+1/t12-/m0/s1. The van der Waals surface area contributed by atoms with E-state index in [1.165, 1.54) is 4.90 Å². The summed E-state index contributed by atoms with van der Waals surface area (Å²) < 4.78 is 16.0. The van der Waals surface area contributed by atoms with Crippen LogP contribution in [-0.2, 0) is 9.47 Å². The van der Waals surface area contributed by atoms with Crippen LogP contribution >= 0.6 is 0 Å². The summed E-state index contributed by atoms with van der Waals surface area (Å²) in [6.07, 6.45) is -0.125. The van der Waals surface area contributed by atoms with E-state index in [1.807, 2.05) is 13.0 Å². The zero-order chi connectivity index (χ0) is 14.4. The third-order valence-electron chi connectivity index (χ3n) is 3.41. The van der Waals surface area contributed by atoms with Crippen LogP contribution in [0.1, 0.15) is 17.3 Å². The van der Waals surface area contributed by atoms with Crippen molar-refractivity contribution in [3.8, 4) is 5.75 Å². The van der Waals surface area contributed by atoms with Crippen molar-refractivity contribution in [2.75, 3.05) is 40.0 Å². The second-order valence-corrected chi connectivity index (χ2v) is 4.98. The highest BCUT2D eigenvalue weighted by molar-refractivity contribution is 5.92. The van der Waals surface area contributed by atoms with Crippen molar-refractivity contribution in [2.45, 2.75) is 13.0 Å². The van der Waals surface area contributed by atoms with E-state index < -0.39 is 0 Å². The molecule has 1 saturated heterocycles. The second-order valence-electron chi connectivity index (χ2n) is 4.98. The lowest BCUT2D eigenvalue weighted by Crippen LogP contribution is -3.15. The Morgan fingerprint density at radius 2 is 2.05 bits per heavy atom. The Bertz CT molecular complexity index is 443. The average molecular weight is 280 g/mol. The lowest BCUT2D eigenvalue weighted by Gasteiger charge is -2.26. The summed E-state index contributed by atoms with van der Waals surface area (Å²) in [5, 5.41) is 0. The molecule has 1 aliphatic heterocycles. The monoisotopic (exact) mass is 280 g/mol. The molecular formula is C15H22NO4+. The van der Waals surface area contributed by atoms with Gasteiger partial charge in [0.2, 0.25) is 0 Å². The molecule has 0 saturated carbocycles. The first-order valence-electron chi connectivity index (χ1n) is 6.96. The average Bonchev–Trinajstić information content (AvgIpc) is 2.48. The molecule has 1 atom stereocenters. The van der Waals surface area contributed by atoms with Crippen molar-refractivity contribution in [3.05, 3.63) is 29.8 Å². The number of hydrogen-bond donors (Lipinski definition) is 1. The first kappa shape index (κ1) is 14.8. The van der Waals surface area contributed by atoms with Gasteiger partial charge in [-0.25, -0.2) is 4.79 Å². The van der Waals surface area contributed by atoms with E-state index in [9.17, 15) is 4.79 Å². The van der Waals surface area contributed by atoms with Gasteiger partial charge in [0, 0.05) is 0 Å². The van der Waals surface area contributed by atoms with Crippen LogP contribution in [0.15, 0.2) is 24.3 Å². The van der Waals surface area contributed by atoms with E-state index in [-0.39, 0.29) is 12.1 Å². The number of rotatable bonds is 5. The number of methoxy groups -OCH3 is 1. The van der Waals surface area contributed by atoms with Gasteiger partial charge in [-0.3, -0.25) is 0 Å². The normalized spacial score (nSPS) is 17.5. The summed E-state index contributed by atoms with van der Waals surface area (Å²) >= 11 is 0. The Hall–Kier alpha value is -1.59. The van der Waals surface area contributed by atoms with Crippen LogP contribution in [0.4, 0.5) is 0 Å². The minimum Gasteiger partial charge on any atom is -0.496 e. The Kier molecular flexibility index (Phi) is 5.38. The quantitative estimate of drug-likeness (QED) is 0.780. The highest BCUT2D eigenvalue weighted by Gasteiger charge is 2.21. The zero-order valence-corrected chi connectivity index (χ0v) is 12.1. The van der Waals surface area contributed by atoms with Gasteiger partial charge in [-0.2, -0.15) is 0 Å². The number of para-hydroxylation sites is 1. The summed E-state index contributed by atoms with van der Waals surface area (Å²) in [6.45, 7) is 6.23.